The summed E-state index contributed by atoms with van der Waals surface area (Å²) in [5.41, 5.74) is 4.91. The van der Waals surface area contributed by atoms with Crippen molar-refractivity contribution in [3.63, 3.8) is 0 Å². The van der Waals surface area contributed by atoms with E-state index in [4.69, 9.17) is 10.8 Å². The van der Waals surface area contributed by atoms with E-state index in [9.17, 15) is 14.4 Å². The van der Waals surface area contributed by atoms with Crippen molar-refractivity contribution in [2.75, 3.05) is 6.54 Å². The molecule has 1 unspecified atom stereocenters. The molecular formula is C11H20N2O4. The molecule has 0 aliphatic rings. The topological polar surface area (TPSA) is 109 Å². The molecule has 0 radical (unpaired) electrons. The number of primary amides is 1. The van der Waals surface area contributed by atoms with Crippen molar-refractivity contribution in [2.24, 2.45) is 17.6 Å². The third-order valence-electron chi connectivity index (χ3n) is 2.79. The fraction of sp³-hybridized carbons (Fsp3) is 0.727. The lowest BCUT2D eigenvalue weighted by atomic mass is 9.85. The van der Waals surface area contributed by atoms with Gasteiger partial charge in [-0.15, -0.1) is 0 Å². The molecule has 4 N–H and O–H groups in total. The van der Waals surface area contributed by atoms with E-state index in [1.165, 1.54) is 0 Å². The molecule has 0 aromatic heterocycles. The van der Waals surface area contributed by atoms with Gasteiger partial charge in [-0.3, -0.25) is 14.4 Å². The predicted molar refractivity (Wildman–Crippen MR) is 62.0 cm³/mol. The summed E-state index contributed by atoms with van der Waals surface area (Å²) < 4.78 is 0. The van der Waals surface area contributed by atoms with E-state index < -0.39 is 23.7 Å². The molecule has 17 heavy (non-hydrogen) atoms. The minimum atomic E-state index is -1.02. The number of nitrogens with two attached hydrogens (primary N) is 1. The first-order chi connectivity index (χ1) is 7.92. The SMILES string of the molecule is CCC(CC)C(CC(=O)O)C(=O)NCC(N)=O. The Morgan fingerprint density at radius 1 is 1.24 bits per heavy atom. The molecule has 0 aliphatic heterocycles. The number of hydrogen-bond acceptors (Lipinski definition) is 3. The number of nitrogens with one attached hydrogen (secondary N) is 1. The molecule has 1 atom stereocenters. The van der Waals surface area contributed by atoms with Crippen molar-refractivity contribution in [1.82, 2.24) is 5.32 Å². The molecule has 0 aliphatic carbocycles. The summed E-state index contributed by atoms with van der Waals surface area (Å²) in [6.45, 7) is 3.56. The average Bonchev–Trinajstić information content (AvgIpc) is 2.25. The van der Waals surface area contributed by atoms with Crippen LogP contribution in [0, 0.1) is 11.8 Å². The van der Waals surface area contributed by atoms with Crippen molar-refractivity contribution in [2.45, 2.75) is 33.1 Å². The quantitative estimate of drug-likeness (QED) is 0.563. The Bertz CT molecular complexity index is 287. The number of rotatable bonds is 8. The lowest BCUT2D eigenvalue weighted by molar-refractivity contribution is -0.142. The maximum Gasteiger partial charge on any atom is 0.304 e. The second kappa shape index (κ2) is 7.65. The summed E-state index contributed by atoms with van der Waals surface area (Å²) >= 11 is 0. The van der Waals surface area contributed by atoms with Gasteiger partial charge in [-0.1, -0.05) is 26.7 Å². The van der Waals surface area contributed by atoms with E-state index in [1.807, 2.05) is 13.8 Å². The number of carboxylic acids is 1. The van der Waals surface area contributed by atoms with Crippen LogP contribution in [0.4, 0.5) is 0 Å². The average molecular weight is 244 g/mol. The third kappa shape index (κ3) is 5.89. The molecule has 0 saturated carbocycles. The number of aliphatic carboxylic acids is 1. The molecule has 0 aromatic carbocycles. The molecule has 2 amide bonds. The van der Waals surface area contributed by atoms with Gasteiger partial charge in [0, 0.05) is 0 Å². The zero-order valence-corrected chi connectivity index (χ0v) is 10.2. The van der Waals surface area contributed by atoms with Gasteiger partial charge in [0.05, 0.1) is 18.9 Å². The van der Waals surface area contributed by atoms with Gasteiger partial charge in [-0.25, -0.2) is 0 Å². The molecule has 0 bridgehead atoms. The lowest BCUT2D eigenvalue weighted by Crippen LogP contribution is -2.40. The van der Waals surface area contributed by atoms with Gasteiger partial charge in [-0.2, -0.15) is 0 Å². The highest BCUT2D eigenvalue weighted by Crippen LogP contribution is 2.23. The fourth-order valence-corrected chi connectivity index (χ4v) is 1.82. The van der Waals surface area contributed by atoms with Crippen molar-refractivity contribution in [1.29, 1.82) is 0 Å². The smallest absolute Gasteiger partial charge is 0.304 e. The van der Waals surface area contributed by atoms with Gasteiger partial charge < -0.3 is 16.2 Å². The van der Waals surface area contributed by atoms with E-state index in [-0.39, 0.29) is 18.9 Å². The standard InChI is InChI=1S/C11H20N2O4/c1-3-7(4-2)8(5-10(15)16)11(17)13-6-9(12)14/h7-8H,3-6H2,1-2H3,(H2,12,14)(H,13,17)(H,15,16). The molecule has 6 nitrogen and oxygen atoms in total. The molecule has 0 spiro atoms. The summed E-state index contributed by atoms with van der Waals surface area (Å²) in [5.74, 6) is -2.69. The van der Waals surface area contributed by atoms with Gasteiger partial charge in [0.2, 0.25) is 11.8 Å². The molecular weight excluding hydrogens is 224 g/mol. The highest BCUT2D eigenvalue weighted by molar-refractivity contribution is 5.87. The molecule has 0 fully saturated rings. The summed E-state index contributed by atoms with van der Waals surface area (Å²) in [4.78, 5) is 33.0. The number of amides is 2. The lowest BCUT2D eigenvalue weighted by Gasteiger charge is -2.22. The number of hydrogen-bond donors (Lipinski definition) is 3. The molecule has 6 heteroatoms. The molecule has 0 rings (SSSR count). The number of carbonyl (C=O) groups excluding carboxylic acids is 2. The van der Waals surface area contributed by atoms with E-state index in [2.05, 4.69) is 5.32 Å². The van der Waals surface area contributed by atoms with Crippen LogP contribution in [0.25, 0.3) is 0 Å². The Hall–Kier alpha value is -1.59. The van der Waals surface area contributed by atoms with Crippen molar-refractivity contribution in [3.8, 4) is 0 Å². The van der Waals surface area contributed by atoms with Crippen LogP contribution in [0.3, 0.4) is 0 Å². The van der Waals surface area contributed by atoms with Crippen LogP contribution in [0.5, 0.6) is 0 Å². The van der Waals surface area contributed by atoms with Crippen LogP contribution in [0.2, 0.25) is 0 Å². The van der Waals surface area contributed by atoms with Gasteiger partial charge in [-0.05, 0) is 5.92 Å². The van der Waals surface area contributed by atoms with Crippen LogP contribution in [-0.2, 0) is 14.4 Å². The Morgan fingerprint density at radius 3 is 2.12 bits per heavy atom. The summed E-state index contributed by atoms with van der Waals surface area (Å²) in [7, 11) is 0. The largest absolute Gasteiger partial charge is 0.481 e. The normalized spacial score (nSPS) is 12.2. The van der Waals surface area contributed by atoms with Crippen LogP contribution in [0.1, 0.15) is 33.1 Å². The first kappa shape index (κ1) is 15.4. The number of carbonyl (C=O) groups is 3. The first-order valence-corrected chi connectivity index (χ1v) is 5.70. The minimum absolute atomic E-state index is 0.000948. The van der Waals surface area contributed by atoms with E-state index >= 15 is 0 Å². The number of carboxylic acid groups (broad SMARTS) is 1. The van der Waals surface area contributed by atoms with Gasteiger partial charge >= 0.3 is 5.97 Å². The second-order valence-electron chi connectivity index (χ2n) is 3.97. The van der Waals surface area contributed by atoms with Gasteiger partial charge in [0.1, 0.15) is 0 Å². The minimum Gasteiger partial charge on any atom is -0.481 e. The van der Waals surface area contributed by atoms with Crippen molar-refractivity contribution < 1.29 is 19.5 Å². The molecule has 0 aromatic rings. The zero-order valence-electron chi connectivity index (χ0n) is 10.2. The maximum absolute atomic E-state index is 11.8. The molecule has 0 saturated heterocycles. The Labute approximate surface area is 101 Å². The summed E-state index contributed by atoms with van der Waals surface area (Å²) in [5, 5.41) is 11.1. The van der Waals surface area contributed by atoms with Crippen LogP contribution >= 0.6 is 0 Å². The highest BCUT2D eigenvalue weighted by Gasteiger charge is 2.28. The Balaban J connectivity index is 4.59. The van der Waals surface area contributed by atoms with Crippen LogP contribution < -0.4 is 11.1 Å². The van der Waals surface area contributed by atoms with Crippen molar-refractivity contribution >= 4 is 17.8 Å². The molecule has 0 heterocycles. The Kier molecular flexibility index (Phi) is 6.93. The summed E-state index contributed by atoms with van der Waals surface area (Å²) in [6, 6.07) is 0. The zero-order chi connectivity index (χ0) is 13.4. The van der Waals surface area contributed by atoms with E-state index in [0.29, 0.717) is 0 Å². The van der Waals surface area contributed by atoms with Crippen molar-refractivity contribution in [3.05, 3.63) is 0 Å². The van der Waals surface area contributed by atoms with E-state index in [1.54, 1.807) is 0 Å². The van der Waals surface area contributed by atoms with Gasteiger partial charge in [0.25, 0.3) is 0 Å². The summed E-state index contributed by atoms with van der Waals surface area (Å²) in [6.07, 6.45) is 1.22. The van der Waals surface area contributed by atoms with Gasteiger partial charge in [0.15, 0.2) is 0 Å². The Morgan fingerprint density at radius 2 is 1.76 bits per heavy atom. The highest BCUT2D eigenvalue weighted by atomic mass is 16.4. The maximum atomic E-state index is 11.8. The fourth-order valence-electron chi connectivity index (χ4n) is 1.82. The monoisotopic (exact) mass is 244 g/mol. The van der Waals surface area contributed by atoms with E-state index in [0.717, 1.165) is 12.8 Å². The second-order valence-corrected chi connectivity index (χ2v) is 3.97. The van der Waals surface area contributed by atoms with Crippen LogP contribution in [0.15, 0.2) is 0 Å². The first-order valence-electron chi connectivity index (χ1n) is 5.70. The molecule has 98 valence electrons. The van der Waals surface area contributed by atoms with Crippen LogP contribution in [-0.4, -0.2) is 29.4 Å². The predicted octanol–water partition coefficient (Wildman–Crippen LogP) is 0.115. The third-order valence-corrected chi connectivity index (χ3v) is 2.79.